The minimum Gasteiger partial charge on any atom is -0.270 e. The van der Waals surface area contributed by atoms with Crippen LogP contribution in [0, 0.1) is 12.7 Å². The van der Waals surface area contributed by atoms with E-state index in [0.29, 0.717) is 11.1 Å². The van der Waals surface area contributed by atoms with Crippen molar-refractivity contribution in [2.24, 2.45) is 0 Å². The molecule has 0 bridgehead atoms. The fourth-order valence-corrected chi connectivity index (χ4v) is 1.57. The average Bonchev–Trinajstić information content (AvgIpc) is 2.41. The summed E-state index contributed by atoms with van der Waals surface area (Å²) in [6, 6.07) is 3.14. The Morgan fingerprint density at radius 2 is 2.25 bits per heavy atom. The van der Waals surface area contributed by atoms with Crippen LogP contribution in [0.15, 0.2) is 16.7 Å². The quantitative estimate of drug-likeness (QED) is 0.739. The van der Waals surface area contributed by atoms with Crippen molar-refractivity contribution in [3.8, 4) is 0 Å². The number of aryl methyl sites for hydroxylation is 1. The van der Waals surface area contributed by atoms with Gasteiger partial charge in [0.1, 0.15) is 10.4 Å². The second-order valence-corrected chi connectivity index (χ2v) is 3.40. The summed E-state index contributed by atoms with van der Waals surface area (Å²) in [4.78, 5) is 0. The SMILES string of the molecule is Cc1c(F)ccc2c(Br)[nH]nc12. The van der Waals surface area contributed by atoms with E-state index in [9.17, 15) is 4.39 Å². The van der Waals surface area contributed by atoms with Gasteiger partial charge in [0.05, 0.1) is 5.52 Å². The number of halogens is 2. The standard InChI is InChI=1S/C8H6BrFN2/c1-4-6(10)3-2-5-7(4)11-12-8(5)9/h2-3H,1H3,(H,11,12). The van der Waals surface area contributed by atoms with Gasteiger partial charge in [-0.05, 0) is 35.0 Å². The van der Waals surface area contributed by atoms with Crippen molar-refractivity contribution in [3.63, 3.8) is 0 Å². The molecule has 0 saturated carbocycles. The Kier molecular flexibility index (Phi) is 1.65. The van der Waals surface area contributed by atoms with Crippen molar-refractivity contribution < 1.29 is 4.39 Å². The Morgan fingerprint density at radius 1 is 1.50 bits per heavy atom. The number of nitrogens with one attached hydrogen (secondary N) is 1. The zero-order valence-corrected chi connectivity index (χ0v) is 7.94. The van der Waals surface area contributed by atoms with Gasteiger partial charge in [-0.1, -0.05) is 0 Å². The molecule has 4 heteroatoms. The molecule has 0 aliphatic carbocycles. The zero-order valence-electron chi connectivity index (χ0n) is 6.36. The molecule has 0 atom stereocenters. The minimum absolute atomic E-state index is 0.221. The molecule has 0 aliphatic rings. The first-order valence-corrected chi connectivity index (χ1v) is 4.28. The van der Waals surface area contributed by atoms with Crippen molar-refractivity contribution in [1.29, 1.82) is 0 Å². The van der Waals surface area contributed by atoms with Gasteiger partial charge in [0.15, 0.2) is 0 Å². The average molecular weight is 229 g/mol. The van der Waals surface area contributed by atoms with Gasteiger partial charge in [-0.2, -0.15) is 5.10 Å². The topological polar surface area (TPSA) is 28.7 Å². The lowest BCUT2D eigenvalue weighted by Gasteiger charge is -1.95. The zero-order chi connectivity index (χ0) is 8.72. The highest BCUT2D eigenvalue weighted by Gasteiger charge is 2.07. The summed E-state index contributed by atoms with van der Waals surface area (Å²) in [5.74, 6) is -0.221. The molecule has 2 nitrogen and oxygen atoms in total. The van der Waals surface area contributed by atoms with Gasteiger partial charge in [-0.15, -0.1) is 0 Å². The largest absolute Gasteiger partial charge is 0.270 e. The third-order valence-corrected chi connectivity index (χ3v) is 2.47. The molecule has 62 valence electrons. The van der Waals surface area contributed by atoms with Gasteiger partial charge >= 0.3 is 0 Å². The van der Waals surface area contributed by atoms with Crippen molar-refractivity contribution in [1.82, 2.24) is 10.2 Å². The Hall–Kier alpha value is -0.900. The van der Waals surface area contributed by atoms with Crippen LogP contribution in [0.5, 0.6) is 0 Å². The number of H-pyrrole nitrogens is 1. The van der Waals surface area contributed by atoms with Gasteiger partial charge in [-0.3, -0.25) is 5.10 Å². The van der Waals surface area contributed by atoms with Crippen LogP contribution in [0.25, 0.3) is 10.9 Å². The summed E-state index contributed by atoms with van der Waals surface area (Å²) in [6.45, 7) is 1.71. The highest BCUT2D eigenvalue weighted by atomic mass is 79.9. The predicted octanol–water partition coefficient (Wildman–Crippen LogP) is 2.77. The number of hydrogen-bond acceptors (Lipinski definition) is 1. The molecule has 0 amide bonds. The van der Waals surface area contributed by atoms with Crippen LogP contribution < -0.4 is 0 Å². The molecule has 0 aliphatic heterocycles. The predicted molar refractivity (Wildman–Crippen MR) is 48.5 cm³/mol. The number of fused-ring (bicyclic) bond motifs is 1. The molecular weight excluding hydrogens is 223 g/mol. The Balaban J connectivity index is 2.93. The van der Waals surface area contributed by atoms with E-state index < -0.39 is 0 Å². The molecule has 0 unspecified atom stereocenters. The molecule has 0 radical (unpaired) electrons. The van der Waals surface area contributed by atoms with Gasteiger partial charge in [0, 0.05) is 10.9 Å². The van der Waals surface area contributed by atoms with Crippen LogP contribution in [-0.4, -0.2) is 10.2 Å². The Labute approximate surface area is 76.9 Å². The van der Waals surface area contributed by atoms with E-state index in [1.807, 2.05) is 0 Å². The third-order valence-electron chi connectivity index (χ3n) is 1.87. The smallest absolute Gasteiger partial charge is 0.128 e. The van der Waals surface area contributed by atoms with Crippen molar-refractivity contribution in [2.45, 2.75) is 6.92 Å². The van der Waals surface area contributed by atoms with Gasteiger partial charge in [-0.25, -0.2) is 4.39 Å². The van der Waals surface area contributed by atoms with E-state index >= 15 is 0 Å². The Bertz CT molecular complexity index is 436. The number of rotatable bonds is 0. The lowest BCUT2D eigenvalue weighted by atomic mass is 10.1. The maximum Gasteiger partial charge on any atom is 0.128 e. The molecule has 1 aromatic heterocycles. The summed E-state index contributed by atoms with van der Waals surface area (Å²) in [6.07, 6.45) is 0. The first-order chi connectivity index (χ1) is 5.70. The van der Waals surface area contributed by atoms with Gasteiger partial charge < -0.3 is 0 Å². The normalized spacial score (nSPS) is 10.9. The second kappa shape index (κ2) is 2.55. The third kappa shape index (κ3) is 0.948. The van der Waals surface area contributed by atoms with E-state index in [4.69, 9.17) is 0 Å². The molecule has 1 aromatic carbocycles. The highest BCUT2D eigenvalue weighted by Crippen LogP contribution is 2.24. The number of aromatic amines is 1. The van der Waals surface area contributed by atoms with Gasteiger partial charge in [0.2, 0.25) is 0 Å². The number of aromatic nitrogens is 2. The van der Waals surface area contributed by atoms with Crippen LogP contribution in [0.1, 0.15) is 5.56 Å². The van der Waals surface area contributed by atoms with Crippen LogP contribution in [0.3, 0.4) is 0 Å². The molecule has 2 aromatic rings. The molecule has 2 rings (SSSR count). The lowest BCUT2D eigenvalue weighted by molar-refractivity contribution is 0.620. The maximum atomic E-state index is 13.0. The molecule has 12 heavy (non-hydrogen) atoms. The molecule has 0 spiro atoms. The summed E-state index contributed by atoms with van der Waals surface area (Å²) < 4.78 is 13.8. The van der Waals surface area contributed by atoms with Crippen LogP contribution in [-0.2, 0) is 0 Å². The summed E-state index contributed by atoms with van der Waals surface area (Å²) in [7, 11) is 0. The van der Waals surface area contributed by atoms with Crippen LogP contribution in [0.2, 0.25) is 0 Å². The van der Waals surface area contributed by atoms with Gasteiger partial charge in [0.25, 0.3) is 0 Å². The fraction of sp³-hybridized carbons (Fsp3) is 0.125. The van der Waals surface area contributed by atoms with Crippen molar-refractivity contribution in [3.05, 3.63) is 28.1 Å². The van der Waals surface area contributed by atoms with E-state index in [1.165, 1.54) is 6.07 Å². The molecule has 1 heterocycles. The molecule has 0 fully saturated rings. The van der Waals surface area contributed by atoms with E-state index in [1.54, 1.807) is 13.0 Å². The first-order valence-electron chi connectivity index (χ1n) is 3.49. The summed E-state index contributed by atoms with van der Waals surface area (Å²) in [5.41, 5.74) is 1.26. The molecular formula is C8H6BrFN2. The highest BCUT2D eigenvalue weighted by molar-refractivity contribution is 9.10. The number of hydrogen-bond donors (Lipinski definition) is 1. The minimum atomic E-state index is -0.221. The summed E-state index contributed by atoms with van der Waals surface area (Å²) >= 11 is 3.29. The second-order valence-electron chi connectivity index (χ2n) is 2.61. The molecule has 1 N–H and O–H groups in total. The van der Waals surface area contributed by atoms with E-state index in [-0.39, 0.29) is 5.82 Å². The maximum absolute atomic E-state index is 13.0. The van der Waals surface area contributed by atoms with Crippen LogP contribution in [0.4, 0.5) is 4.39 Å². The van der Waals surface area contributed by atoms with E-state index in [0.717, 1.165) is 9.99 Å². The lowest BCUT2D eigenvalue weighted by Crippen LogP contribution is -1.82. The number of nitrogens with zero attached hydrogens (tertiary/aromatic N) is 1. The van der Waals surface area contributed by atoms with Crippen molar-refractivity contribution in [2.75, 3.05) is 0 Å². The van der Waals surface area contributed by atoms with Crippen LogP contribution >= 0.6 is 15.9 Å². The summed E-state index contributed by atoms with van der Waals surface area (Å²) in [5, 5.41) is 7.62. The monoisotopic (exact) mass is 228 g/mol. The number of benzene rings is 1. The Morgan fingerprint density at radius 3 is 3.00 bits per heavy atom. The molecule has 0 saturated heterocycles. The first kappa shape index (κ1) is 7.73. The van der Waals surface area contributed by atoms with E-state index in [2.05, 4.69) is 26.1 Å². The fourth-order valence-electron chi connectivity index (χ4n) is 1.16. The van der Waals surface area contributed by atoms with Crippen molar-refractivity contribution >= 4 is 26.8 Å².